The molecule has 5 saturated carbocycles. The lowest BCUT2D eigenvalue weighted by atomic mass is 9.64. The van der Waals surface area contributed by atoms with Crippen molar-refractivity contribution in [1.82, 2.24) is 0 Å². The van der Waals surface area contributed by atoms with E-state index in [2.05, 4.69) is 39.0 Å². The molecule has 8 atom stereocenters. The monoisotopic (exact) mass is 448 g/mol. The molecule has 0 radical (unpaired) electrons. The van der Waals surface area contributed by atoms with Gasteiger partial charge in [0, 0.05) is 5.92 Å². The third kappa shape index (κ3) is 4.44. The molecule has 7 unspecified atom stereocenters. The molecule has 184 valence electrons. The molecule has 0 aliphatic heterocycles. The molecule has 0 amide bonds. The molecule has 0 heteroatoms. The molecular formula is C33H52. The van der Waals surface area contributed by atoms with Gasteiger partial charge in [-0.3, -0.25) is 0 Å². The quantitative estimate of drug-likeness (QED) is 0.340. The molecule has 33 heavy (non-hydrogen) atoms. The van der Waals surface area contributed by atoms with Crippen LogP contribution >= 0.6 is 0 Å². The summed E-state index contributed by atoms with van der Waals surface area (Å²) in [5, 5.41) is 0. The van der Waals surface area contributed by atoms with E-state index in [4.69, 9.17) is 0 Å². The van der Waals surface area contributed by atoms with E-state index >= 15 is 0 Å². The Hall–Kier alpha value is -0.520. The van der Waals surface area contributed by atoms with Crippen LogP contribution in [-0.2, 0) is 0 Å². The number of hydrogen-bond donors (Lipinski definition) is 0. The van der Waals surface area contributed by atoms with E-state index in [0.29, 0.717) is 10.8 Å². The maximum absolute atomic E-state index is 2.74. The van der Waals surface area contributed by atoms with Gasteiger partial charge in [0.1, 0.15) is 0 Å². The largest absolute Gasteiger partial charge is 0.0879 e. The van der Waals surface area contributed by atoms with Crippen LogP contribution in [0.1, 0.15) is 124 Å². The molecule has 0 heterocycles. The number of fused-ring (bicyclic) bond motifs is 1. The maximum atomic E-state index is 2.74. The fourth-order valence-corrected chi connectivity index (χ4v) is 9.68. The van der Waals surface area contributed by atoms with Gasteiger partial charge in [0.25, 0.3) is 0 Å². The molecule has 0 saturated heterocycles. The molecule has 0 N–H and O–H groups in total. The minimum Gasteiger partial charge on any atom is -0.0879 e. The lowest BCUT2D eigenvalue weighted by Gasteiger charge is -2.41. The molecule has 0 aromatic heterocycles. The Morgan fingerprint density at radius 2 is 1.82 bits per heavy atom. The van der Waals surface area contributed by atoms with Crippen molar-refractivity contribution in [1.29, 1.82) is 0 Å². The molecule has 6 rings (SSSR count). The minimum absolute atomic E-state index is 0.580. The Morgan fingerprint density at radius 3 is 2.58 bits per heavy atom. The summed E-state index contributed by atoms with van der Waals surface area (Å²) in [7, 11) is 0. The van der Waals surface area contributed by atoms with Gasteiger partial charge in [-0.1, -0.05) is 57.4 Å². The highest BCUT2D eigenvalue weighted by atomic mass is 14.7. The van der Waals surface area contributed by atoms with E-state index in [1.54, 1.807) is 32.1 Å². The van der Waals surface area contributed by atoms with Gasteiger partial charge in [0.15, 0.2) is 0 Å². The van der Waals surface area contributed by atoms with E-state index in [-0.39, 0.29) is 0 Å². The highest BCUT2D eigenvalue weighted by molar-refractivity contribution is 5.37. The van der Waals surface area contributed by atoms with Gasteiger partial charge < -0.3 is 0 Å². The van der Waals surface area contributed by atoms with Gasteiger partial charge in [0.2, 0.25) is 0 Å². The third-order valence-electron chi connectivity index (χ3n) is 12.0. The smallest absolute Gasteiger partial charge is 0.00483 e. The van der Waals surface area contributed by atoms with Gasteiger partial charge in [-0.15, -0.1) is 0 Å². The van der Waals surface area contributed by atoms with Crippen LogP contribution in [0, 0.1) is 58.2 Å². The summed E-state index contributed by atoms with van der Waals surface area (Å²) in [4.78, 5) is 0. The standard InChI is InChI=1S/C33H52/c1-4-17-32(3)18-7-5-9-28-29(31(28)26-15-16-26)10-6-8-19-33(32)22-30(33)27-12-11-24(21-27)20-23(2)25-13-14-25/h6,9-10,23-27,29-31H,4-5,7-8,11-22H2,1-3H3/b10-6-,28-9-/t23?,24?,27?,29?,30?,31?,32?,33-/m1/s1. The van der Waals surface area contributed by atoms with Crippen LogP contribution in [0.2, 0.25) is 0 Å². The highest BCUT2D eigenvalue weighted by Gasteiger charge is 2.65. The molecule has 1 spiro atoms. The van der Waals surface area contributed by atoms with E-state index < -0.39 is 0 Å². The zero-order valence-electron chi connectivity index (χ0n) is 22.2. The van der Waals surface area contributed by atoms with Crippen molar-refractivity contribution >= 4 is 0 Å². The molecule has 6 aliphatic rings. The number of rotatable bonds is 7. The Morgan fingerprint density at radius 1 is 1.00 bits per heavy atom. The Balaban J connectivity index is 1.14. The fourth-order valence-electron chi connectivity index (χ4n) is 9.68. The van der Waals surface area contributed by atoms with E-state index in [1.165, 1.54) is 70.6 Å². The molecule has 0 aromatic rings. The van der Waals surface area contributed by atoms with Gasteiger partial charge in [-0.25, -0.2) is 0 Å². The number of allylic oxidation sites excluding steroid dienone is 4. The molecular weight excluding hydrogens is 396 g/mol. The summed E-state index contributed by atoms with van der Waals surface area (Å²) in [6.07, 6.45) is 31.9. The molecule has 6 aliphatic carbocycles. The van der Waals surface area contributed by atoms with Crippen molar-refractivity contribution in [3.63, 3.8) is 0 Å². The first-order valence-corrected chi connectivity index (χ1v) is 15.4. The fraction of sp³-hybridized carbons (Fsp3) is 0.879. The van der Waals surface area contributed by atoms with E-state index in [1.807, 2.05) is 5.57 Å². The summed E-state index contributed by atoms with van der Waals surface area (Å²) in [6, 6.07) is 0. The zero-order valence-corrected chi connectivity index (χ0v) is 22.2. The van der Waals surface area contributed by atoms with Crippen LogP contribution in [0.3, 0.4) is 0 Å². The van der Waals surface area contributed by atoms with Crippen molar-refractivity contribution in [2.45, 2.75) is 124 Å². The summed E-state index contributed by atoms with van der Waals surface area (Å²) in [5.41, 5.74) is 3.08. The summed E-state index contributed by atoms with van der Waals surface area (Å²) >= 11 is 0. The molecule has 0 nitrogen and oxygen atoms in total. The van der Waals surface area contributed by atoms with Gasteiger partial charge in [-0.05, 0) is 142 Å². The maximum Gasteiger partial charge on any atom is 0.00483 e. The predicted octanol–water partition coefficient (Wildman–Crippen LogP) is 9.75. The van der Waals surface area contributed by atoms with E-state index in [0.717, 1.165) is 47.3 Å². The first-order valence-electron chi connectivity index (χ1n) is 15.4. The zero-order chi connectivity index (χ0) is 22.6. The van der Waals surface area contributed by atoms with Crippen LogP contribution in [0.5, 0.6) is 0 Å². The average Bonchev–Trinajstić information content (AvgIpc) is 3.62. The lowest BCUT2D eigenvalue weighted by molar-refractivity contribution is 0.0888. The van der Waals surface area contributed by atoms with Crippen LogP contribution in [0.25, 0.3) is 0 Å². The second-order valence-electron chi connectivity index (χ2n) is 14.2. The van der Waals surface area contributed by atoms with Crippen LogP contribution in [0.4, 0.5) is 0 Å². The average molecular weight is 449 g/mol. The third-order valence-corrected chi connectivity index (χ3v) is 12.0. The van der Waals surface area contributed by atoms with Crippen LogP contribution in [-0.4, -0.2) is 0 Å². The van der Waals surface area contributed by atoms with Gasteiger partial charge in [0.05, 0.1) is 0 Å². The molecule has 0 aromatic carbocycles. The summed E-state index contributed by atoms with van der Waals surface area (Å²) in [6.45, 7) is 7.76. The van der Waals surface area contributed by atoms with Crippen molar-refractivity contribution < 1.29 is 0 Å². The predicted molar refractivity (Wildman–Crippen MR) is 141 cm³/mol. The van der Waals surface area contributed by atoms with E-state index in [9.17, 15) is 0 Å². The first-order chi connectivity index (χ1) is 16.0. The van der Waals surface area contributed by atoms with Gasteiger partial charge in [-0.2, -0.15) is 0 Å². The Kier molecular flexibility index (Phi) is 6.15. The number of hydrogen-bond acceptors (Lipinski definition) is 0. The summed E-state index contributed by atoms with van der Waals surface area (Å²) < 4.78 is 0. The normalized spacial score (nSPS) is 48.8. The van der Waals surface area contributed by atoms with Crippen molar-refractivity contribution in [2.75, 3.05) is 0 Å². The van der Waals surface area contributed by atoms with Crippen molar-refractivity contribution in [3.8, 4) is 0 Å². The van der Waals surface area contributed by atoms with Crippen LogP contribution in [0.15, 0.2) is 23.8 Å². The highest BCUT2D eigenvalue weighted by Crippen LogP contribution is 2.73. The van der Waals surface area contributed by atoms with Crippen molar-refractivity contribution in [3.05, 3.63) is 23.8 Å². The van der Waals surface area contributed by atoms with Crippen LogP contribution < -0.4 is 0 Å². The Labute approximate surface area is 205 Å². The summed E-state index contributed by atoms with van der Waals surface area (Å²) in [5.74, 6) is 8.14. The minimum atomic E-state index is 0.580. The molecule has 0 bridgehead atoms. The SMILES string of the molecule is CCCC1(C)CCC/C=C2/C(/C=C\CC[C@]13CC3C1CCC(CC(C)C3CC3)C1)C2C1CC1. The van der Waals surface area contributed by atoms with Gasteiger partial charge >= 0.3 is 0 Å². The Bertz CT molecular complexity index is 765. The molecule has 5 fully saturated rings. The lowest BCUT2D eigenvalue weighted by Crippen LogP contribution is -2.32. The first kappa shape index (κ1) is 22.9. The second kappa shape index (κ2) is 8.85. The second-order valence-corrected chi connectivity index (χ2v) is 14.2. The van der Waals surface area contributed by atoms with Crippen molar-refractivity contribution in [2.24, 2.45) is 58.2 Å². The topological polar surface area (TPSA) is 0 Å².